The van der Waals surface area contributed by atoms with E-state index in [2.05, 4.69) is 41.2 Å². The van der Waals surface area contributed by atoms with Gasteiger partial charge in [-0.2, -0.15) is 0 Å². The Hall–Kier alpha value is -3.39. The fourth-order valence-electron chi connectivity index (χ4n) is 4.27. The van der Waals surface area contributed by atoms with Crippen molar-refractivity contribution in [1.29, 1.82) is 0 Å². The quantitative estimate of drug-likeness (QED) is 0.224. The third kappa shape index (κ3) is 7.81. The van der Waals surface area contributed by atoms with Gasteiger partial charge in [-0.15, -0.1) is 11.3 Å². The Balaban J connectivity index is 1.60. The molecule has 0 fully saturated rings. The number of ether oxygens (including phenoxy) is 1. The Labute approximate surface area is 227 Å². The molecule has 0 aliphatic heterocycles. The lowest BCUT2D eigenvalue weighted by Gasteiger charge is -2.13. The van der Waals surface area contributed by atoms with Crippen LogP contribution >= 0.6 is 11.3 Å². The molecule has 7 nitrogen and oxygen atoms in total. The van der Waals surface area contributed by atoms with Gasteiger partial charge in [0.25, 0.3) is 0 Å². The fraction of sp³-hybridized carbons (Fsp3) is 0.433. The van der Waals surface area contributed by atoms with Gasteiger partial charge in [-0.1, -0.05) is 45.4 Å². The summed E-state index contributed by atoms with van der Waals surface area (Å²) in [5, 5.41) is 14.2. The molecule has 3 aromatic rings. The standard InChI is InChI=1S/C30H37NO6S/c1-5-6-10-21-12-14-26-22(16-21)17-23(38-26)13-11-20(3)28(33)27-24(32)18-25(37-29(27)34)19(2)9-7-8-15-31-30(35)36-4/h8,12,14-20,32H,5-7,9-11,13H2,1-4H3,(H,31,35)/b15-8+. The number of thiophene rings is 1. The van der Waals surface area contributed by atoms with E-state index in [9.17, 15) is 19.5 Å². The summed E-state index contributed by atoms with van der Waals surface area (Å²) in [7, 11) is 1.28. The van der Waals surface area contributed by atoms with Gasteiger partial charge in [0, 0.05) is 33.7 Å². The normalized spacial score (nSPS) is 13.1. The molecule has 2 atom stereocenters. The molecule has 0 saturated carbocycles. The number of rotatable bonds is 13. The number of amides is 1. The average Bonchev–Trinajstić information content (AvgIpc) is 3.31. The van der Waals surface area contributed by atoms with Crippen LogP contribution in [0, 0.1) is 5.92 Å². The minimum absolute atomic E-state index is 0.173. The van der Waals surface area contributed by atoms with Gasteiger partial charge >= 0.3 is 11.7 Å². The van der Waals surface area contributed by atoms with E-state index < -0.39 is 23.4 Å². The molecule has 0 aliphatic carbocycles. The Morgan fingerprint density at radius 3 is 2.66 bits per heavy atom. The molecule has 8 heteroatoms. The molecule has 2 heterocycles. The molecule has 0 saturated heterocycles. The molecule has 2 unspecified atom stereocenters. The summed E-state index contributed by atoms with van der Waals surface area (Å²) in [6.07, 6.45) is 8.61. The van der Waals surface area contributed by atoms with Crippen molar-refractivity contribution in [3.05, 3.63) is 74.8 Å². The molecular formula is C30H37NO6S. The molecule has 0 radical (unpaired) electrons. The van der Waals surface area contributed by atoms with Gasteiger partial charge in [-0.05, 0) is 61.6 Å². The lowest BCUT2D eigenvalue weighted by Crippen LogP contribution is -2.21. The topological polar surface area (TPSA) is 106 Å². The minimum Gasteiger partial charge on any atom is -0.507 e. The number of aromatic hydroxyl groups is 1. The number of carbonyl (C=O) groups is 2. The van der Waals surface area contributed by atoms with Crippen LogP contribution in [0.25, 0.3) is 10.1 Å². The molecule has 204 valence electrons. The molecule has 0 aliphatic rings. The van der Waals surface area contributed by atoms with Gasteiger partial charge in [0.1, 0.15) is 17.1 Å². The second kappa shape index (κ2) is 14.0. The summed E-state index contributed by atoms with van der Waals surface area (Å²) >= 11 is 1.73. The maximum atomic E-state index is 13.1. The summed E-state index contributed by atoms with van der Waals surface area (Å²) < 4.78 is 11.1. The van der Waals surface area contributed by atoms with Crippen molar-refractivity contribution < 1.29 is 23.8 Å². The Morgan fingerprint density at radius 2 is 1.95 bits per heavy atom. The van der Waals surface area contributed by atoms with Gasteiger partial charge in [0.05, 0.1) is 7.11 Å². The highest BCUT2D eigenvalue weighted by molar-refractivity contribution is 7.19. The lowest BCUT2D eigenvalue weighted by atomic mass is 9.94. The van der Waals surface area contributed by atoms with Crippen LogP contribution in [-0.4, -0.2) is 24.1 Å². The molecule has 38 heavy (non-hydrogen) atoms. The van der Waals surface area contributed by atoms with Gasteiger partial charge < -0.3 is 14.3 Å². The summed E-state index contributed by atoms with van der Waals surface area (Å²) in [6, 6.07) is 10.2. The number of ketones is 1. The fourth-order valence-corrected chi connectivity index (χ4v) is 5.33. The second-order valence-corrected chi connectivity index (χ2v) is 10.9. The number of unbranched alkanes of at least 4 members (excludes halogenated alkanes) is 1. The number of aryl methyl sites for hydroxylation is 2. The zero-order valence-corrected chi connectivity index (χ0v) is 23.4. The van der Waals surface area contributed by atoms with Crippen LogP contribution in [0.15, 0.2) is 51.8 Å². The average molecular weight is 540 g/mol. The number of hydrogen-bond donors (Lipinski definition) is 2. The number of fused-ring (bicyclic) bond motifs is 1. The number of Topliss-reactive ketones (excluding diaryl/α,β-unsaturated/α-hetero) is 1. The first-order valence-electron chi connectivity index (χ1n) is 13.2. The monoisotopic (exact) mass is 539 g/mol. The smallest absolute Gasteiger partial charge is 0.410 e. The molecule has 0 bridgehead atoms. The first-order chi connectivity index (χ1) is 18.2. The van der Waals surface area contributed by atoms with E-state index in [0.29, 0.717) is 25.0 Å². The maximum absolute atomic E-state index is 13.1. The van der Waals surface area contributed by atoms with Crippen molar-refractivity contribution in [2.75, 3.05) is 7.11 Å². The van der Waals surface area contributed by atoms with Crippen molar-refractivity contribution in [2.24, 2.45) is 5.92 Å². The summed E-state index contributed by atoms with van der Waals surface area (Å²) in [6.45, 7) is 5.83. The highest BCUT2D eigenvalue weighted by Crippen LogP contribution is 2.30. The zero-order valence-electron chi connectivity index (χ0n) is 22.5. The summed E-state index contributed by atoms with van der Waals surface area (Å²) in [5.41, 5.74) is 0.250. The third-order valence-corrected chi connectivity index (χ3v) is 7.85. The van der Waals surface area contributed by atoms with Crippen molar-refractivity contribution in [2.45, 2.75) is 71.6 Å². The van der Waals surface area contributed by atoms with E-state index >= 15 is 0 Å². The summed E-state index contributed by atoms with van der Waals surface area (Å²) in [5.74, 6) is -1.05. The van der Waals surface area contributed by atoms with Gasteiger partial charge in [0.2, 0.25) is 0 Å². The number of benzene rings is 1. The van der Waals surface area contributed by atoms with E-state index in [4.69, 9.17) is 4.42 Å². The number of methoxy groups -OCH3 is 1. The van der Waals surface area contributed by atoms with E-state index in [1.807, 2.05) is 6.92 Å². The van der Waals surface area contributed by atoms with Crippen LogP contribution in [0.1, 0.15) is 85.4 Å². The second-order valence-electron chi connectivity index (χ2n) is 9.71. The van der Waals surface area contributed by atoms with E-state index in [1.54, 1.807) is 24.3 Å². The van der Waals surface area contributed by atoms with Crippen LogP contribution in [0.5, 0.6) is 5.75 Å². The van der Waals surface area contributed by atoms with E-state index in [1.165, 1.54) is 52.7 Å². The molecular weight excluding hydrogens is 502 g/mol. The van der Waals surface area contributed by atoms with E-state index in [-0.39, 0.29) is 17.2 Å². The molecule has 1 aromatic carbocycles. The molecule has 1 amide bonds. The van der Waals surface area contributed by atoms with Crippen LogP contribution in [-0.2, 0) is 17.6 Å². The van der Waals surface area contributed by atoms with Crippen LogP contribution in [0.2, 0.25) is 0 Å². The third-order valence-electron chi connectivity index (χ3n) is 6.67. The number of alkyl carbamates (subject to hydrolysis) is 1. The first kappa shape index (κ1) is 29.2. The van der Waals surface area contributed by atoms with Crippen LogP contribution in [0.3, 0.4) is 0 Å². The van der Waals surface area contributed by atoms with E-state index in [0.717, 1.165) is 12.8 Å². The van der Waals surface area contributed by atoms with Crippen molar-refractivity contribution >= 4 is 33.3 Å². The highest BCUT2D eigenvalue weighted by Gasteiger charge is 2.25. The van der Waals surface area contributed by atoms with Gasteiger partial charge in [-0.25, -0.2) is 9.59 Å². The maximum Gasteiger partial charge on any atom is 0.410 e. The predicted octanol–water partition coefficient (Wildman–Crippen LogP) is 7.11. The molecule has 0 spiro atoms. The number of nitrogens with one attached hydrogen (secondary N) is 1. The van der Waals surface area contributed by atoms with Crippen molar-refractivity contribution in [3.63, 3.8) is 0 Å². The van der Waals surface area contributed by atoms with Crippen molar-refractivity contribution in [1.82, 2.24) is 5.32 Å². The first-order valence-corrected chi connectivity index (χ1v) is 14.0. The van der Waals surface area contributed by atoms with Gasteiger partial charge in [0.15, 0.2) is 5.78 Å². The minimum atomic E-state index is -0.812. The Morgan fingerprint density at radius 1 is 1.16 bits per heavy atom. The van der Waals surface area contributed by atoms with Crippen molar-refractivity contribution in [3.8, 4) is 5.75 Å². The van der Waals surface area contributed by atoms with Gasteiger partial charge in [-0.3, -0.25) is 10.1 Å². The number of hydrogen-bond acceptors (Lipinski definition) is 7. The lowest BCUT2D eigenvalue weighted by molar-refractivity contribution is 0.0916. The summed E-state index contributed by atoms with van der Waals surface area (Å²) in [4.78, 5) is 38.0. The highest BCUT2D eigenvalue weighted by atomic mass is 32.1. The molecule has 3 rings (SSSR count). The SMILES string of the molecule is CCCCc1ccc2sc(CCC(C)C(=O)c3c(O)cc(C(C)CC/C=C/NC(=O)OC)oc3=O)cc2c1. The molecule has 2 N–H and O–H groups in total. The Kier molecular flexibility index (Phi) is 10.7. The predicted molar refractivity (Wildman–Crippen MR) is 151 cm³/mol. The van der Waals surface area contributed by atoms with Crippen LogP contribution in [0.4, 0.5) is 4.79 Å². The number of allylic oxidation sites excluding steroid dienone is 1. The molecule has 2 aromatic heterocycles. The van der Waals surface area contributed by atoms with Crippen LogP contribution < -0.4 is 10.9 Å². The number of carbonyl (C=O) groups excluding carboxylic acids is 2. The Bertz CT molecular complexity index is 1340. The zero-order chi connectivity index (χ0) is 27.7. The largest absolute Gasteiger partial charge is 0.507 e.